The van der Waals surface area contributed by atoms with Crippen LogP contribution in [-0.2, 0) is 0 Å². The molecule has 11 heavy (non-hydrogen) atoms. The standard InChI is InChI=1S/C9H13IO/c1-2-6-9(11)7-4-3-5-8(9)10/h2,5,11H,1,3-4,6-7H2. The van der Waals surface area contributed by atoms with Gasteiger partial charge in [-0.25, -0.2) is 0 Å². The normalized spacial score (nSPS) is 31.3. The van der Waals surface area contributed by atoms with Crippen LogP contribution in [-0.4, -0.2) is 10.7 Å². The fourth-order valence-electron chi connectivity index (χ4n) is 1.37. The van der Waals surface area contributed by atoms with Crippen molar-refractivity contribution in [2.24, 2.45) is 0 Å². The van der Waals surface area contributed by atoms with Crippen molar-refractivity contribution < 1.29 is 5.11 Å². The van der Waals surface area contributed by atoms with E-state index in [1.54, 1.807) is 6.08 Å². The summed E-state index contributed by atoms with van der Waals surface area (Å²) in [7, 11) is 0. The van der Waals surface area contributed by atoms with Gasteiger partial charge in [-0.15, -0.1) is 6.58 Å². The van der Waals surface area contributed by atoms with Gasteiger partial charge in [-0.2, -0.15) is 0 Å². The van der Waals surface area contributed by atoms with Crippen LogP contribution in [0.4, 0.5) is 0 Å². The van der Waals surface area contributed by atoms with Crippen LogP contribution < -0.4 is 0 Å². The fraction of sp³-hybridized carbons (Fsp3) is 0.556. The second kappa shape index (κ2) is 3.72. The highest BCUT2D eigenvalue weighted by atomic mass is 127. The second-order valence-corrected chi connectivity index (χ2v) is 4.13. The summed E-state index contributed by atoms with van der Waals surface area (Å²) in [6, 6.07) is 0. The molecule has 1 aliphatic carbocycles. The Morgan fingerprint density at radius 1 is 1.82 bits per heavy atom. The Kier molecular flexibility index (Phi) is 3.13. The zero-order valence-corrected chi connectivity index (χ0v) is 8.67. The van der Waals surface area contributed by atoms with E-state index >= 15 is 0 Å². The van der Waals surface area contributed by atoms with Crippen molar-refractivity contribution in [3.8, 4) is 0 Å². The van der Waals surface area contributed by atoms with Gasteiger partial charge in [0.25, 0.3) is 0 Å². The molecule has 0 bridgehead atoms. The van der Waals surface area contributed by atoms with Crippen LogP contribution in [0.3, 0.4) is 0 Å². The summed E-state index contributed by atoms with van der Waals surface area (Å²) in [6.07, 6.45) is 7.68. The maximum absolute atomic E-state index is 9.99. The van der Waals surface area contributed by atoms with Crippen LogP contribution in [0.15, 0.2) is 22.3 Å². The van der Waals surface area contributed by atoms with Gasteiger partial charge in [0, 0.05) is 3.58 Å². The third kappa shape index (κ3) is 2.06. The Labute approximate surface area is 81.3 Å². The van der Waals surface area contributed by atoms with E-state index in [4.69, 9.17) is 0 Å². The molecule has 0 fully saturated rings. The third-order valence-electron chi connectivity index (χ3n) is 2.04. The van der Waals surface area contributed by atoms with Crippen LogP contribution in [0.2, 0.25) is 0 Å². The number of allylic oxidation sites excluding steroid dienone is 1. The smallest absolute Gasteiger partial charge is 0.0983 e. The zero-order chi connectivity index (χ0) is 8.32. The van der Waals surface area contributed by atoms with E-state index in [9.17, 15) is 5.11 Å². The highest BCUT2D eigenvalue weighted by Gasteiger charge is 2.30. The first-order valence-electron chi connectivity index (χ1n) is 3.88. The van der Waals surface area contributed by atoms with Crippen molar-refractivity contribution in [2.45, 2.75) is 31.3 Å². The van der Waals surface area contributed by atoms with Gasteiger partial charge >= 0.3 is 0 Å². The molecule has 0 aromatic heterocycles. The van der Waals surface area contributed by atoms with Crippen molar-refractivity contribution >= 4 is 22.6 Å². The molecular formula is C9H13IO. The Balaban J connectivity index is 2.73. The first-order chi connectivity index (χ1) is 5.19. The van der Waals surface area contributed by atoms with Crippen molar-refractivity contribution in [1.29, 1.82) is 0 Å². The quantitative estimate of drug-likeness (QED) is 0.600. The molecule has 0 radical (unpaired) electrons. The van der Waals surface area contributed by atoms with Gasteiger partial charge in [0.15, 0.2) is 0 Å². The maximum Gasteiger partial charge on any atom is 0.0983 e. The molecule has 0 amide bonds. The molecule has 0 saturated carbocycles. The molecule has 1 aliphatic rings. The first kappa shape index (κ1) is 9.26. The Morgan fingerprint density at radius 3 is 3.09 bits per heavy atom. The fourth-order valence-corrected chi connectivity index (χ4v) is 2.17. The molecule has 1 N–H and O–H groups in total. The molecule has 0 saturated heterocycles. The monoisotopic (exact) mass is 264 g/mol. The van der Waals surface area contributed by atoms with E-state index in [1.807, 2.05) is 0 Å². The average Bonchev–Trinajstić information content (AvgIpc) is 1.96. The number of rotatable bonds is 2. The van der Waals surface area contributed by atoms with Gasteiger partial charge in [0.2, 0.25) is 0 Å². The van der Waals surface area contributed by atoms with E-state index in [-0.39, 0.29) is 0 Å². The Morgan fingerprint density at radius 2 is 2.55 bits per heavy atom. The lowest BCUT2D eigenvalue weighted by Crippen LogP contribution is -2.30. The number of hydrogen-bond donors (Lipinski definition) is 1. The minimum absolute atomic E-state index is 0.583. The molecular weight excluding hydrogens is 251 g/mol. The summed E-state index contributed by atoms with van der Waals surface area (Å²) in [5, 5.41) is 9.99. The lowest BCUT2D eigenvalue weighted by Gasteiger charge is -2.29. The summed E-state index contributed by atoms with van der Waals surface area (Å²) in [6.45, 7) is 3.64. The first-order valence-corrected chi connectivity index (χ1v) is 4.96. The van der Waals surface area contributed by atoms with Crippen molar-refractivity contribution in [3.05, 3.63) is 22.3 Å². The predicted molar refractivity (Wildman–Crippen MR) is 55.7 cm³/mol. The summed E-state index contributed by atoms with van der Waals surface area (Å²) in [5.74, 6) is 0. The molecule has 0 aromatic rings. The minimum atomic E-state index is -0.583. The third-order valence-corrected chi connectivity index (χ3v) is 3.49. The second-order valence-electron chi connectivity index (χ2n) is 2.97. The number of aliphatic hydroxyl groups is 1. The number of halogens is 1. The molecule has 0 heterocycles. The van der Waals surface area contributed by atoms with Crippen LogP contribution in [0.5, 0.6) is 0 Å². The summed E-state index contributed by atoms with van der Waals surface area (Å²) >= 11 is 2.22. The lowest BCUT2D eigenvalue weighted by atomic mass is 9.88. The maximum atomic E-state index is 9.99. The van der Waals surface area contributed by atoms with Gasteiger partial charge in [-0.1, -0.05) is 12.2 Å². The molecule has 2 heteroatoms. The summed E-state index contributed by atoms with van der Waals surface area (Å²) < 4.78 is 1.08. The van der Waals surface area contributed by atoms with E-state index in [0.29, 0.717) is 6.42 Å². The van der Waals surface area contributed by atoms with Gasteiger partial charge in [-0.3, -0.25) is 0 Å². The van der Waals surface area contributed by atoms with Crippen LogP contribution in [0, 0.1) is 0 Å². The molecule has 1 nitrogen and oxygen atoms in total. The minimum Gasteiger partial charge on any atom is -0.384 e. The highest BCUT2D eigenvalue weighted by molar-refractivity contribution is 14.1. The van der Waals surface area contributed by atoms with Crippen molar-refractivity contribution in [1.82, 2.24) is 0 Å². The van der Waals surface area contributed by atoms with Crippen LogP contribution >= 0.6 is 22.6 Å². The van der Waals surface area contributed by atoms with E-state index < -0.39 is 5.60 Å². The van der Waals surface area contributed by atoms with E-state index in [2.05, 4.69) is 35.2 Å². The predicted octanol–water partition coefficient (Wildman–Crippen LogP) is 2.80. The molecule has 1 rings (SSSR count). The molecule has 62 valence electrons. The topological polar surface area (TPSA) is 20.2 Å². The average molecular weight is 264 g/mol. The summed E-state index contributed by atoms with van der Waals surface area (Å²) in [4.78, 5) is 0. The van der Waals surface area contributed by atoms with Crippen LogP contribution in [0.1, 0.15) is 25.7 Å². The summed E-state index contributed by atoms with van der Waals surface area (Å²) in [5.41, 5.74) is -0.583. The molecule has 1 atom stereocenters. The molecule has 0 spiro atoms. The van der Waals surface area contributed by atoms with Gasteiger partial charge in [0.1, 0.15) is 0 Å². The van der Waals surface area contributed by atoms with Crippen molar-refractivity contribution in [2.75, 3.05) is 0 Å². The zero-order valence-electron chi connectivity index (χ0n) is 6.52. The highest BCUT2D eigenvalue weighted by Crippen LogP contribution is 2.36. The Hall–Kier alpha value is 0.170. The molecule has 0 aromatic carbocycles. The van der Waals surface area contributed by atoms with Crippen LogP contribution in [0.25, 0.3) is 0 Å². The van der Waals surface area contributed by atoms with Gasteiger partial charge in [0.05, 0.1) is 5.60 Å². The largest absolute Gasteiger partial charge is 0.384 e. The van der Waals surface area contributed by atoms with E-state index in [1.165, 1.54) is 0 Å². The Bertz CT molecular complexity index is 186. The van der Waals surface area contributed by atoms with Gasteiger partial charge in [-0.05, 0) is 48.3 Å². The van der Waals surface area contributed by atoms with Gasteiger partial charge < -0.3 is 5.11 Å². The van der Waals surface area contributed by atoms with E-state index in [0.717, 1.165) is 22.8 Å². The number of hydrogen-bond acceptors (Lipinski definition) is 1. The molecule has 0 aliphatic heterocycles. The van der Waals surface area contributed by atoms with Crippen molar-refractivity contribution in [3.63, 3.8) is 0 Å². The lowest BCUT2D eigenvalue weighted by molar-refractivity contribution is 0.0759. The SMILES string of the molecule is C=CCC1(O)CCCC=C1I. The molecule has 1 unspecified atom stereocenters.